The first-order valence-corrected chi connectivity index (χ1v) is 7.89. The van der Waals surface area contributed by atoms with Crippen LogP contribution in [0.2, 0.25) is 0 Å². The maximum Gasteiger partial charge on any atom is 0.298 e. The number of rotatable bonds is 3. The van der Waals surface area contributed by atoms with Crippen molar-refractivity contribution >= 4 is 34.7 Å². The van der Waals surface area contributed by atoms with Gasteiger partial charge in [0.2, 0.25) is 0 Å². The van der Waals surface area contributed by atoms with Gasteiger partial charge < -0.3 is 4.74 Å². The quantitative estimate of drug-likeness (QED) is 0.792. The molecule has 1 fully saturated rings. The SMILES string of the molecule is COc1cc(/C=C2\SC(=O)N(c3ccccc3)C2=O)ccc1C. The number of carbonyl (C=O) groups excluding carboxylic acids is 2. The van der Waals surface area contributed by atoms with E-state index in [4.69, 9.17) is 4.74 Å². The topological polar surface area (TPSA) is 46.6 Å². The number of methoxy groups -OCH3 is 1. The Kier molecular flexibility index (Phi) is 4.21. The molecule has 3 rings (SSSR count). The third-order valence-electron chi connectivity index (χ3n) is 3.54. The van der Waals surface area contributed by atoms with E-state index in [9.17, 15) is 9.59 Å². The first-order valence-electron chi connectivity index (χ1n) is 7.08. The summed E-state index contributed by atoms with van der Waals surface area (Å²) >= 11 is 0.947. The zero-order valence-electron chi connectivity index (χ0n) is 12.8. The Morgan fingerprint density at radius 1 is 1.09 bits per heavy atom. The van der Waals surface area contributed by atoms with Crippen molar-refractivity contribution in [1.29, 1.82) is 0 Å². The number of ether oxygens (including phenoxy) is 1. The van der Waals surface area contributed by atoms with Crippen LogP contribution in [0.1, 0.15) is 11.1 Å². The molecule has 0 bridgehead atoms. The van der Waals surface area contributed by atoms with Crippen LogP contribution in [0.25, 0.3) is 6.08 Å². The van der Waals surface area contributed by atoms with E-state index >= 15 is 0 Å². The van der Waals surface area contributed by atoms with E-state index < -0.39 is 0 Å². The lowest BCUT2D eigenvalue weighted by atomic mass is 10.1. The minimum atomic E-state index is -0.300. The molecule has 0 radical (unpaired) electrons. The zero-order chi connectivity index (χ0) is 16.4. The van der Waals surface area contributed by atoms with Gasteiger partial charge in [-0.2, -0.15) is 0 Å². The summed E-state index contributed by atoms with van der Waals surface area (Å²) in [7, 11) is 1.61. The molecule has 5 heteroatoms. The van der Waals surface area contributed by atoms with Crippen LogP contribution in [-0.4, -0.2) is 18.3 Å². The number of hydrogen-bond donors (Lipinski definition) is 0. The molecule has 1 heterocycles. The lowest BCUT2D eigenvalue weighted by molar-refractivity contribution is -0.113. The number of carbonyl (C=O) groups is 2. The second-order valence-electron chi connectivity index (χ2n) is 5.08. The predicted octanol–water partition coefficient (Wildman–Crippen LogP) is 4.24. The highest BCUT2D eigenvalue weighted by molar-refractivity contribution is 8.19. The van der Waals surface area contributed by atoms with Crippen molar-refractivity contribution in [2.24, 2.45) is 0 Å². The van der Waals surface area contributed by atoms with Crippen LogP contribution >= 0.6 is 11.8 Å². The number of thioether (sulfide) groups is 1. The molecule has 0 saturated carbocycles. The number of anilines is 1. The maximum absolute atomic E-state index is 12.5. The number of benzene rings is 2. The fourth-order valence-electron chi connectivity index (χ4n) is 2.35. The van der Waals surface area contributed by atoms with Gasteiger partial charge >= 0.3 is 0 Å². The molecule has 2 aromatic rings. The average Bonchev–Trinajstić information content (AvgIpc) is 2.84. The van der Waals surface area contributed by atoms with Crippen molar-refractivity contribution in [1.82, 2.24) is 0 Å². The molecule has 1 aliphatic rings. The summed E-state index contributed by atoms with van der Waals surface area (Å²) < 4.78 is 5.29. The van der Waals surface area contributed by atoms with Crippen LogP contribution in [-0.2, 0) is 4.79 Å². The molecule has 2 amide bonds. The normalized spacial score (nSPS) is 16.3. The van der Waals surface area contributed by atoms with Crippen LogP contribution in [0.3, 0.4) is 0 Å². The van der Waals surface area contributed by atoms with Crippen LogP contribution in [0, 0.1) is 6.92 Å². The van der Waals surface area contributed by atoms with E-state index in [1.165, 1.54) is 4.90 Å². The second-order valence-corrected chi connectivity index (χ2v) is 6.07. The van der Waals surface area contributed by atoms with E-state index in [1.54, 1.807) is 37.5 Å². The first-order chi connectivity index (χ1) is 11.1. The molecule has 0 N–H and O–H groups in total. The highest BCUT2D eigenvalue weighted by Gasteiger charge is 2.36. The molecule has 23 heavy (non-hydrogen) atoms. The minimum absolute atomic E-state index is 0.286. The van der Waals surface area contributed by atoms with Gasteiger partial charge in [-0.1, -0.05) is 30.3 Å². The van der Waals surface area contributed by atoms with E-state index in [0.717, 1.165) is 28.6 Å². The van der Waals surface area contributed by atoms with Gasteiger partial charge in [0, 0.05) is 0 Å². The molecule has 1 saturated heterocycles. The number of nitrogens with zero attached hydrogens (tertiary/aromatic N) is 1. The average molecular weight is 325 g/mol. The minimum Gasteiger partial charge on any atom is -0.496 e. The van der Waals surface area contributed by atoms with Gasteiger partial charge in [0.1, 0.15) is 5.75 Å². The van der Waals surface area contributed by atoms with Gasteiger partial charge in [-0.3, -0.25) is 9.59 Å². The third-order valence-corrected chi connectivity index (χ3v) is 4.41. The van der Waals surface area contributed by atoms with Crippen molar-refractivity contribution in [3.05, 3.63) is 64.6 Å². The Morgan fingerprint density at radius 3 is 2.52 bits per heavy atom. The van der Waals surface area contributed by atoms with Crippen molar-refractivity contribution in [2.45, 2.75) is 6.92 Å². The van der Waals surface area contributed by atoms with Gasteiger partial charge in [0.25, 0.3) is 11.1 Å². The number of aryl methyl sites for hydroxylation is 1. The smallest absolute Gasteiger partial charge is 0.298 e. The predicted molar refractivity (Wildman–Crippen MR) is 92.6 cm³/mol. The molecule has 116 valence electrons. The molecule has 0 unspecified atom stereocenters. The van der Waals surface area contributed by atoms with Crippen molar-refractivity contribution in [3.63, 3.8) is 0 Å². The Hall–Kier alpha value is -2.53. The van der Waals surface area contributed by atoms with Crippen LogP contribution in [0.5, 0.6) is 5.75 Å². The number of para-hydroxylation sites is 1. The van der Waals surface area contributed by atoms with E-state index in [0.29, 0.717) is 10.6 Å². The molecule has 0 aromatic heterocycles. The Bertz CT molecular complexity index is 799. The summed E-state index contributed by atoms with van der Waals surface area (Å²) in [6.07, 6.45) is 1.72. The lowest BCUT2D eigenvalue weighted by Gasteiger charge is -2.11. The van der Waals surface area contributed by atoms with Crippen LogP contribution in [0.4, 0.5) is 10.5 Å². The Labute approximate surface area is 138 Å². The van der Waals surface area contributed by atoms with Crippen LogP contribution in [0.15, 0.2) is 53.4 Å². The van der Waals surface area contributed by atoms with Crippen molar-refractivity contribution in [3.8, 4) is 5.75 Å². The fraction of sp³-hybridized carbons (Fsp3) is 0.111. The largest absolute Gasteiger partial charge is 0.496 e. The van der Waals surface area contributed by atoms with E-state index in [2.05, 4.69) is 0 Å². The molecular formula is C18H15NO3S. The van der Waals surface area contributed by atoms with Gasteiger partial charge in [-0.15, -0.1) is 0 Å². The summed E-state index contributed by atoms with van der Waals surface area (Å²) in [5.41, 5.74) is 2.42. The molecular weight excluding hydrogens is 310 g/mol. The van der Waals surface area contributed by atoms with E-state index in [1.807, 2.05) is 31.2 Å². The van der Waals surface area contributed by atoms with Gasteiger partial charge in [0.15, 0.2) is 0 Å². The van der Waals surface area contributed by atoms with E-state index in [-0.39, 0.29) is 11.1 Å². The second kappa shape index (κ2) is 6.30. The summed E-state index contributed by atoms with van der Waals surface area (Å²) in [6, 6.07) is 14.6. The van der Waals surface area contributed by atoms with Crippen molar-refractivity contribution in [2.75, 3.05) is 12.0 Å². The molecule has 0 aliphatic carbocycles. The van der Waals surface area contributed by atoms with Gasteiger partial charge in [0.05, 0.1) is 17.7 Å². The fourth-order valence-corrected chi connectivity index (χ4v) is 3.19. The molecule has 1 aliphatic heterocycles. The zero-order valence-corrected chi connectivity index (χ0v) is 13.6. The number of imide groups is 1. The highest BCUT2D eigenvalue weighted by Crippen LogP contribution is 2.36. The maximum atomic E-state index is 12.5. The standard InChI is InChI=1S/C18H15NO3S/c1-12-8-9-13(10-15(12)22-2)11-16-17(20)19(18(21)23-16)14-6-4-3-5-7-14/h3-11H,1-2H3/b16-11-. The summed E-state index contributed by atoms with van der Waals surface area (Å²) in [4.78, 5) is 26.3. The van der Waals surface area contributed by atoms with Crippen molar-refractivity contribution < 1.29 is 14.3 Å². The Balaban J connectivity index is 1.93. The summed E-state index contributed by atoms with van der Waals surface area (Å²) in [5, 5.41) is -0.286. The number of amides is 2. The van der Waals surface area contributed by atoms with Gasteiger partial charge in [-0.05, 0) is 54.1 Å². The molecule has 0 atom stereocenters. The molecule has 4 nitrogen and oxygen atoms in total. The first kappa shape index (κ1) is 15.4. The summed E-state index contributed by atoms with van der Waals surface area (Å²) in [6.45, 7) is 1.95. The Morgan fingerprint density at radius 2 is 1.83 bits per heavy atom. The molecule has 0 spiro atoms. The molecule has 2 aromatic carbocycles. The van der Waals surface area contributed by atoms with Gasteiger partial charge in [-0.25, -0.2) is 4.90 Å². The monoisotopic (exact) mass is 325 g/mol. The summed E-state index contributed by atoms with van der Waals surface area (Å²) in [5.74, 6) is 0.451. The van der Waals surface area contributed by atoms with Crippen LogP contribution < -0.4 is 9.64 Å². The lowest BCUT2D eigenvalue weighted by Crippen LogP contribution is -2.27. The highest BCUT2D eigenvalue weighted by atomic mass is 32.2. The number of hydrogen-bond acceptors (Lipinski definition) is 4. The third kappa shape index (κ3) is 3.00.